The SMILES string of the molecule is Cc1cccc(C(c2[nH]c3ccccc3c2CCCOC(=O)c2cccc(F)c2F)c2c(O)c3ccccc3n(C)c2=O)c1. The van der Waals surface area contributed by atoms with Crippen LogP contribution in [0.2, 0.25) is 0 Å². The number of aromatic hydroxyl groups is 1. The zero-order valence-electron chi connectivity index (χ0n) is 24.2. The van der Waals surface area contributed by atoms with E-state index >= 15 is 0 Å². The van der Waals surface area contributed by atoms with Crippen molar-refractivity contribution in [1.82, 2.24) is 9.55 Å². The number of pyridine rings is 1. The van der Waals surface area contributed by atoms with Gasteiger partial charge in [-0.05, 0) is 61.2 Å². The van der Waals surface area contributed by atoms with E-state index in [1.807, 2.05) is 67.6 Å². The molecular weight excluding hydrogens is 562 g/mol. The van der Waals surface area contributed by atoms with E-state index in [9.17, 15) is 23.5 Å². The summed E-state index contributed by atoms with van der Waals surface area (Å²) in [5.41, 5.74) is 4.41. The molecule has 0 aliphatic carbocycles. The molecule has 2 N–H and O–H groups in total. The van der Waals surface area contributed by atoms with Crippen LogP contribution >= 0.6 is 0 Å². The van der Waals surface area contributed by atoms with Gasteiger partial charge in [0, 0.05) is 29.0 Å². The number of fused-ring (bicyclic) bond motifs is 2. The predicted molar refractivity (Wildman–Crippen MR) is 166 cm³/mol. The molecule has 0 bridgehead atoms. The van der Waals surface area contributed by atoms with E-state index in [1.54, 1.807) is 23.7 Å². The minimum atomic E-state index is -1.24. The molecule has 4 aromatic carbocycles. The first-order chi connectivity index (χ1) is 21.3. The van der Waals surface area contributed by atoms with Crippen LogP contribution in [-0.4, -0.2) is 27.2 Å². The maximum atomic E-state index is 14.1. The summed E-state index contributed by atoms with van der Waals surface area (Å²) in [4.78, 5) is 30.0. The van der Waals surface area contributed by atoms with Gasteiger partial charge < -0.3 is 19.4 Å². The average molecular weight is 593 g/mol. The summed E-state index contributed by atoms with van der Waals surface area (Å²) >= 11 is 0. The van der Waals surface area contributed by atoms with Crippen molar-refractivity contribution in [2.75, 3.05) is 6.61 Å². The maximum absolute atomic E-state index is 14.1. The quantitative estimate of drug-likeness (QED) is 0.144. The largest absolute Gasteiger partial charge is 0.507 e. The molecular formula is C36H30F2N2O4. The Hall–Kier alpha value is -5.24. The van der Waals surface area contributed by atoms with Crippen LogP contribution < -0.4 is 5.56 Å². The van der Waals surface area contributed by atoms with Crippen molar-refractivity contribution in [3.8, 4) is 5.75 Å². The zero-order valence-corrected chi connectivity index (χ0v) is 24.2. The van der Waals surface area contributed by atoms with Crippen LogP contribution in [0.25, 0.3) is 21.8 Å². The number of nitrogens with one attached hydrogen (secondary N) is 1. The number of esters is 1. The van der Waals surface area contributed by atoms with Gasteiger partial charge in [0.25, 0.3) is 5.56 Å². The maximum Gasteiger partial charge on any atom is 0.341 e. The topological polar surface area (TPSA) is 84.3 Å². The molecule has 0 aliphatic heterocycles. The normalized spacial score (nSPS) is 12.1. The number of carbonyl (C=O) groups excluding carboxylic acids is 1. The van der Waals surface area contributed by atoms with Gasteiger partial charge in [0.1, 0.15) is 5.75 Å². The number of hydrogen-bond acceptors (Lipinski definition) is 4. The molecule has 6 rings (SSSR count). The molecule has 0 spiro atoms. The highest BCUT2D eigenvalue weighted by atomic mass is 19.2. The number of halogens is 2. The van der Waals surface area contributed by atoms with E-state index in [4.69, 9.17) is 4.74 Å². The van der Waals surface area contributed by atoms with Gasteiger partial charge in [-0.2, -0.15) is 0 Å². The number of ether oxygens (including phenoxy) is 1. The lowest BCUT2D eigenvalue weighted by atomic mass is 9.84. The summed E-state index contributed by atoms with van der Waals surface area (Å²) < 4.78 is 34.6. The van der Waals surface area contributed by atoms with Crippen LogP contribution in [0.15, 0.2) is 95.8 Å². The molecule has 44 heavy (non-hydrogen) atoms. The summed E-state index contributed by atoms with van der Waals surface area (Å²) in [6, 6.07) is 26.2. The van der Waals surface area contributed by atoms with Crippen LogP contribution in [0.3, 0.4) is 0 Å². The number of hydrogen-bond donors (Lipinski definition) is 2. The van der Waals surface area contributed by atoms with Crippen molar-refractivity contribution in [3.63, 3.8) is 0 Å². The molecule has 2 heterocycles. The van der Waals surface area contributed by atoms with Crippen molar-refractivity contribution >= 4 is 27.8 Å². The highest BCUT2D eigenvalue weighted by Gasteiger charge is 2.30. The molecule has 0 amide bonds. The van der Waals surface area contributed by atoms with E-state index < -0.39 is 29.1 Å². The Labute approximate surface area is 252 Å². The summed E-state index contributed by atoms with van der Waals surface area (Å²) in [6.45, 7) is 1.94. The first-order valence-corrected chi connectivity index (χ1v) is 14.3. The molecule has 222 valence electrons. The highest BCUT2D eigenvalue weighted by molar-refractivity contribution is 5.90. The first-order valence-electron chi connectivity index (χ1n) is 14.3. The third-order valence-corrected chi connectivity index (χ3v) is 8.09. The second kappa shape index (κ2) is 11.8. The number of H-pyrrole nitrogens is 1. The molecule has 1 atom stereocenters. The van der Waals surface area contributed by atoms with Gasteiger partial charge in [-0.25, -0.2) is 13.6 Å². The lowest BCUT2D eigenvalue weighted by Crippen LogP contribution is -2.25. The monoisotopic (exact) mass is 592 g/mol. The fourth-order valence-electron chi connectivity index (χ4n) is 5.98. The lowest BCUT2D eigenvalue weighted by molar-refractivity contribution is 0.0494. The fraction of sp³-hybridized carbons (Fsp3) is 0.167. The second-order valence-corrected chi connectivity index (χ2v) is 10.9. The van der Waals surface area contributed by atoms with Gasteiger partial charge in [-0.3, -0.25) is 4.79 Å². The number of nitrogens with zero attached hydrogens (tertiary/aromatic N) is 1. The second-order valence-electron chi connectivity index (χ2n) is 10.9. The molecule has 0 radical (unpaired) electrons. The number of carbonyl (C=O) groups is 1. The zero-order chi connectivity index (χ0) is 31.0. The van der Waals surface area contributed by atoms with Gasteiger partial charge in [-0.1, -0.05) is 66.2 Å². The number of aromatic nitrogens is 2. The Balaban J connectivity index is 1.44. The molecule has 2 aromatic heterocycles. The number of rotatable bonds is 8. The number of aryl methyl sites for hydroxylation is 3. The van der Waals surface area contributed by atoms with Crippen molar-refractivity contribution in [1.29, 1.82) is 0 Å². The van der Waals surface area contributed by atoms with Crippen molar-refractivity contribution < 1.29 is 23.4 Å². The summed E-state index contributed by atoms with van der Waals surface area (Å²) in [7, 11) is 1.70. The van der Waals surface area contributed by atoms with Crippen LogP contribution in [0.1, 0.15) is 50.6 Å². The molecule has 6 aromatic rings. The number of aromatic amines is 1. The molecule has 6 nitrogen and oxygen atoms in total. The Morgan fingerprint density at radius 1 is 0.955 bits per heavy atom. The summed E-state index contributed by atoms with van der Waals surface area (Å²) in [5, 5.41) is 13.2. The van der Waals surface area contributed by atoms with Crippen LogP contribution in [0, 0.1) is 18.6 Å². The summed E-state index contributed by atoms with van der Waals surface area (Å²) in [6.07, 6.45) is 0.814. The highest BCUT2D eigenvalue weighted by Crippen LogP contribution is 2.41. The Morgan fingerprint density at radius 2 is 1.68 bits per heavy atom. The van der Waals surface area contributed by atoms with Crippen LogP contribution in [-0.2, 0) is 18.2 Å². The standard InChI is InChI=1S/C36H30F2N2O4/c1-21-10-7-11-22(20-21)30(31-34(41)25-13-4-6-18-29(25)40(2)35(31)42)33-24(23-12-3-5-17-28(23)39-33)15-9-19-44-36(43)26-14-8-16-27(37)32(26)38/h3-8,10-14,16-18,20,30,39,41H,9,15,19H2,1-2H3. The molecule has 0 saturated carbocycles. The molecule has 0 fully saturated rings. The fourth-order valence-corrected chi connectivity index (χ4v) is 5.98. The Morgan fingerprint density at radius 3 is 2.48 bits per heavy atom. The van der Waals surface area contributed by atoms with Crippen molar-refractivity contribution in [2.45, 2.75) is 25.7 Å². The van der Waals surface area contributed by atoms with E-state index in [0.29, 0.717) is 23.7 Å². The minimum Gasteiger partial charge on any atom is -0.507 e. The van der Waals surface area contributed by atoms with E-state index in [-0.39, 0.29) is 23.5 Å². The van der Waals surface area contributed by atoms with Crippen molar-refractivity contribution in [3.05, 3.63) is 146 Å². The van der Waals surface area contributed by atoms with Crippen LogP contribution in [0.4, 0.5) is 8.78 Å². The molecule has 1 unspecified atom stereocenters. The van der Waals surface area contributed by atoms with Gasteiger partial charge in [-0.15, -0.1) is 0 Å². The third kappa shape index (κ3) is 5.13. The van der Waals surface area contributed by atoms with Gasteiger partial charge in [0.2, 0.25) is 0 Å². The van der Waals surface area contributed by atoms with Gasteiger partial charge >= 0.3 is 5.97 Å². The van der Waals surface area contributed by atoms with Crippen molar-refractivity contribution in [2.24, 2.45) is 7.05 Å². The first kappa shape index (κ1) is 28.9. The molecule has 8 heteroatoms. The Kier molecular flexibility index (Phi) is 7.74. The average Bonchev–Trinajstić information content (AvgIpc) is 3.39. The smallest absolute Gasteiger partial charge is 0.341 e. The number of para-hydroxylation sites is 2. The van der Waals surface area contributed by atoms with E-state index in [1.165, 1.54) is 12.1 Å². The van der Waals surface area contributed by atoms with Gasteiger partial charge in [0.15, 0.2) is 11.6 Å². The Bertz CT molecular complexity index is 2100. The molecule has 0 saturated heterocycles. The molecule has 0 aliphatic rings. The third-order valence-electron chi connectivity index (χ3n) is 8.09. The van der Waals surface area contributed by atoms with Gasteiger partial charge in [0.05, 0.1) is 29.2 Å². The van der Waals surface area contributed by atoms with E-state index in [0.717, 1.165) is 39.4 Å². The van der Waals surface area contributed by atoms with Crippen LogP contribution in [0.5, 0.6) is 5.75 Å². The summed E-state index contributed by atoms with van der Waals surface area (Å²) in [5.74, 6) is -4.03. The lowest BCUT2D eigenvalue weighted by Gasteiger charge is -2.22. The van der Waals surface area contributed by atoms with E-state index in [2.05, 4.69) is 4.98 Å². The number of benzene rings is 4. The minimum absolute atomic E-state index is 0.0359. The predicted octanol–water partition coefficient (Wildman–Crippen LogP) is 7.28.